The van der Waals surface area contributed by atoms with Gasteiger partial charge in [0.2, 0.25) is 5.69 Å². The average molecular weight is 371 g/mol. The van der Waals surface area contributed by atoms with Crippen molar-refractivity contribution in [2.75, 3.05) is 0 Å². The third-order valence-electron chi connectivity index (χ3n) is 7.03. The van der Waals surface area contributed by atoms with Crippen LogP contribution >= 0.6 is 0 Å². The van der Waals surface area contributed by atoms with Crippen molar-refractivity contribution in [2.45, 2.75) is 65.3 Å². The molecule has 1 aliphatic rings. The van der Waals surface area contributed by atoms with Crippen LogP contribution in [0.25, 0.3) is 22.4 Å². The third-order valence-corrected chi connectivity index (χ3v) is 7.03. The fourth-order valence-electron chi connectivity index (χ4n) is 5.49. The number of hydrogen-bond acceptors (Lipinski definition) is 0. The average Bonchev–Trinajstić information content (AvgIpc) is 2.74. The van der Waals surface area contributed by atoms with Crippen molar-refractivity contribution in [1.29, 1.82) is 0 Å². The molecule has 1 aromatic heterocycles. The van der Waals surface area contributed by atoms with Gasteiger partial charge < -0.3 is 0 Å². The number of nitrogens with zero attached hydrogens (tertiary/aromatic N) is 1. The van der Waals surface area contributed by atoms with Gasteiger partial charge in [0, 0.05) is 30.9 Å². The lowest BCUT2D eigenvalue weighted by molar-refractivity contribution is -0.762. The summed E-state index contributed by atoms with van der Waals surface area (Å²) >= 11 is 0. The van der Waals surface area contributed by atoms with Crippen LogP contribution in [0.15, 0.2) is 60.8 Å². The normalized spacial score (nSPS) is 17.1. The Hall–Kier alpha value is -2.41. The summed E-state index contributed by atoms with van der Waals surface area (Å²) in [6, 6.07) is 20.6. The minimum Gasteiger partial charge on any atom is -0.192 e. The maximum atomic E-state index is 2.58. The molecule has 0 N–H and O–H groups in total. The van der Waals surface area contributed by atoms with E-state index in [4.69, 9.17) is 0 Å². The number of pyridine rings is 1. The van der Waals surface area contributed by atoms with E-state index in [1.54, 1.807) is 0 Å². The highest BCUT2D eigenvalue weighted by molar-refractivity contribution is 5.76. The van der Waals surface area contributed by atoms with Crippen LogP contribution in [0.3, 0.4) is 0 Å². The quantitative estimate of drug-likeness (QED) is 0.438. The molecule has 0 saturated heterocycles. The summed E-state index contributed by atoms with van der Waals surface area (Å²) in [5.74, 6) is 0.546. The van der Waals surface area contributed by atoms with Gasteiger partial charge in [-0.3, -0.25) is 0 Å². The summed E-state index contributed by atoms with van der Waals surface area (Å²) in [7, 11) is 0. The largest absolute Gasteiger partial charge is 0.213 e. The van der Waals surface area contributed by atoms with Gasteiger partial charge in [-0.05, 0) is 54.7 Å². The van der Waals surface area contributed by atoms with Gasteiger partial charge in [0.25, 0.3) is 0 Å². The molecule has 1 aliphatic heterocycles. The van der Waals surface area contributed by atoms with Crippen molar-refractivity contribution in [3.05, 3.63) is 77.5 Å². The first kappa shape index (κ1) is 18.9. The third kappa shape index (κ3) is 2.71. The van der Waals surface area contributed by atoms with Gasteiger partial charge in [-0.1, -0.05) is 56.7 Å². The molecule has 3 aromatic rings. The van der Waals surface area contributed by atoms with Crippen LogP contribution in [0, 0.1) is 13.8 Å². The molecule has 0 bridgehead atoms. The van der Waals surface area contributed by atoms with E-state index in [1.165, 1.54) is 45.5 Å². The van der Waals surface area contributed by atoms with Crippen LogP contribution in [0.2, 0.25) is 0 Å². The summed E-state index contributed by atoms with van der Waals surface area (Å²) in [4.78, 5) is 0. The van der Waals surface area contributed by atoms with Crippen LogP contribution in [0.5, 0.6) is 0 Å². The van der Waals surface area contributed by atoms with Crippen molar-refractivity contribution in [3.8, 4) is 22.4 Å². The van der Waals surface area contributed by atoms with E-state index in [1.807, 2.05) is 0 Å². The fourth-order valence-corrected chi connectivity index (χ4v) is 5.49. The molecule has 2 aromatic carbocycles. The molecule has 4 rings (SSSR count). The van der Waals surface area contributed by atoms with Gasteiger partial charge in [-0.15, -0.1) is 0 Å². The molecular weight excluding hydrogens is 338 g/mol. The number of fused-ring (bicyclic) bond motifs is 3. The zero-order chi connectivity index (χ0) is 19.9. The predicted molar refractivity (Wildman–Crippen MR) is 119 cm³/mol. The Balaban J connectivity index is 1.98. The summed E-state index contributed by atoms with van der Waals surface area (Å²) < 4.78 is 2.58. The smallest absolute Gasteiger partial charge is 0.192 e. The lowest BCUT2D eigenvalue weighted by Crippen LogP contribution is -2.62. The second-order valence-electron chi connectivity index (χ2n) is 8.35. The van der Waals surface area contributed by atoms with Crippen molar-refractivity contribution >= 4 is 0 Å². The minimum absolute atomic E-state index is 0.166. The van der Waals surface area contributed by atoms with Crippen LogP contribution in [0.1, 0.15) is 62.6 Å². The first-order valence-electron chi connectivity index (χ1n) is 10.8. The van der Waals surface area contributed by atoms with E-state index < -0.39 is 0 Å². The summed E-state index contributed by atoms with van der Waals surface area (Å²) in [6.07, 6.45) is 5.78. The molecule has 1 heteroatoms. The van der Waals surface area contributed by atoms with E-state index >= 15 is 0 Å². The number of rotatable bonds is 4. The number of aryl methyl sites for hydroxylation is 2. The molecule has 28 heavy (non-hydrogen) atoms. The molecule has 1 nitrogen and oxygen atoms in total. The van der Waals surface area contributed by atoms with Gasteiger partial charge in [-0.2, -0.15) is 4.57 Å². The van der Waals surface area contributed by atoms with E-state index in [9.17, 15) is 0 Å². The molecule has 0 spiro atoms. The molecule has 2 heterocycles. The van der Waals surface area contributed by atoms with Crippen molar-refractivity contribution in [1.82, 2.24) is 0 Å². The highest BCUT2D eigenvalue weighted by Gasteiger charge is 2.50. The first-order chi connectivity index (χ1) is 13.6. The molecule has 0 radical (unpaired) electrons. The molecule has 1 atom stereocenters. The SMILES string of the molecule is CCC1c2ccc(-c3cc(C)ccc3C)cc2-c2cccc[n+]2C1(CC)CC. The van der Waals surface area contributed by atoms with Gasteiger partial charge >= 0.3 is 0 Å². The predicted octanol–water partition coefficient (Wildman–Crippen LogP) is 6.95. The standard InChI is InChI=1S/C27H32N/c1-6-25-22-15-14-21(23-17-19(4)12-13-20(23)5)18-24(22)26-11-9-10-16-28(26)27(25,7-2)8-3/h9-18,25H,6-8H2,1-5H3/q+1. The van der Waals surface area contributed by atoms with Crippen LogP contribution in [-0.4, -0.2) is 0 Å². The van der Waals surface area contributed by atoms with Crippen LogP contribution in [-0.2, 0) is 5.54 Å². The summed E-state index contributed by atoms with van der Waals surface area (Å²) in [5, 5.41) is 0. The Morgan fingerprint density at radius 3 is 2.36 bits per heavy atom. The number of hydrogen-bond donors (Lipinski definition) is 0. The van der Waals surface area contributed by atoms with E-state index in [0.717, 1.165) is 12.8 Å². The second-order valence-corrected chi connectivity index (χ2v) is 8.35. The van der Waals surface area contributed by atoms with E-state index in [0.29, 0.717) is 5.92 Å². The Morgan fingerprint density at radius 1 is 0.857 bits per heavy atom. The summed E-state index contributed by atoms with van der Waals surface area (Å²) in [5.41, 5.74) is 9.78. The van der Waals surface area contributed by atoms with Crippen molar-refractivity contribution in [3.63, 3.8) is 0 Å². The monoisotopic (exact) mass is 370 g/mol. The lowest BCUT2D eigenvalue weighted by Gasteiger charge is -2.39. The second kappa shape index (κ2) is 7.20. The highest BCUT2D eigenvalue weighted by atomic mass is 15.1. The minimum atomic E-state index is 0.166. The topological polar surface area (TPSA) is 3.88 Å². The van der Waals surface area contributed by atoms with Gasteiger partial charge in [-0.25, -0.2) is 0 Å². The van der Waals surface area contributed by atoms with E-state index in [-0.39, 0.29) is 5.54 Å². The number of aromatic nitrogens is 1. The summed E-state index contributed by atoms with van der Waals surface area (Å²) in [6.45, 7) is 11.4. The molecule has 0 saturated carbocycles. The van der Waals surface area contributed by atoms with Crippen molar-refractivity contribution in [2.24, 2.45) is 0 Å². The molecule has 144 valence electrons. The molecule has 1 unspecified atom stereocenters. The van der Waals surface area contributed by atoms with Gasteiger partial charge in [0.15, 0.2) is 11.7 Å². The fraction of sp³-hybridized carbons (Fsp3) is 0.370. The first-order valence-corrected chi connectivity index (χ1v) is 10.8. The van der Waals surface area contributed by atoms with Gasteiger partial charge in [0.05, 0.1) is 5.56 Å². The molecule has 0 fully saturated rings. The molecule has 0 aliphatic carbocycles. The number of benzene rings is 2. The highest BCUT2D eigenvalue weighted by Crippen LogP contribution is 2.47. The van der Waals surface area contributed by atoms with E-state index in [2.05, 4.69) is 100.0 Å². The van der Waals surface area contributed by atoms with Crippen LogP contribution < -0.4 is 4.57 Å². The zero-order valence-electron chi connectivity index (χ0n) is 17.9. The Kier molecular flexibility index (Phi) is 4.87. The molecule has 0 amide bonds. The Labute approximate surface area is 170 Å². The Bertz CT molecular complexity index is 1010. The van der Waals surface area contributed by atoms with Gasteiger partial charge in [0.1, 0.15) is 0 Å². The van der Waals surface area contributed by atoms with Crippen molar-refractivity contribution < 1.29 is 4.57 Å². The maximum Gasteiger partial charge on any atom is 0.213 e. The zero-order valence-corrected chi connectivity index (χ0v) is 17.9. The van der Waals surface area contributed by atoms with Crippen LogP contribution in [0.4, 0.5) is 0 Å². The Morgan fingerprint density at radius 2 is 1.64 bits per heavy atom. The lowest BCUT2D eigenvalue weighted by atomic mass is 9.69. The molecular formula is C27H32N+. The maximum absolute atomic E-state index is 2.58.